The molecule has 2 heterocycles. The summed E-state index contributed by atoms with van der Waals surface area (Å²) in [6, 6.07) is 17.1. The van der Waals surface area contributed by atoms with Crippen molar-refractivity contribution in [2.75, 3.05) is 13.7 Å². The van der Waals surface area contributed by atoms with Gasteiger partial charge in [0.05, 0.1) is 16.8 Å². The summed E-state index contributed by atoms with van der Waals surface area (Å²) >= 11 is 4.93. The molecular weight excluding hydrogens is 442 g/mol. The van der Waals surface area contributed by atoms with E-state index in [1.807, 2.05) is 53.1 Å². The molecular formula is C20H16BrN3O3S. The third-order valence-electron chi connectivity index (χ3n) is 4.15. The van der Waals surface area contributed by atoms with Gasteiger partial charge in [0, 0.05) is 29.8 Å². The molecule has 2 aromatic carbocycles. The van der Waals surface area contributed by atoms with Crippen molar-refractivity contribution in [2.24, 2.45) is 4.99 Å². The average Bonchev–Trinajstić information content (AvgIpc) is 3.32. The number of carbonyl (C=O) groups is 1. The molecule has 0 N–H and O–H groups in total. The van der Waals surface area contributed by atoms with Crippen LogP contribution in [0.15, 0.2) is 68.6 Å². The van der Waals surface area contributed by atoms with Crippen LogP contribution in [0.2, 0.25) is 0 Å². The molecule has 2 aromatic heterocycles. The molecule has 0 radical (unpaired) electrons. The average molecular weight is 458 g/mol. The van der Waals surface area contributed by atoms with Gasteiger partial charge in [-0.1, -0.05) is 62.8 Å². The second-order valence-electron chi connectivity index (χ2n) is 6.00. The summed E-state index contributed by atoms with van der Waals surface area (Å²) < 4.78 is 14.5. The van der Waals surface area contributed by atoms with Gasteiger partial charge >= 0.3 is 5.91 Å². The van der Waals surface area contributed by atoms with Crippen LogP contribution in [0.3, 0.4) is 0 Å². The van der Waals surface area contributed by atoms with Crippen LogP contribution in [-0.4, -0.2) is 29.3 Å². The van der Waals surface area contributed by atoms with Crippen molar-refractivity contribution in [3.63, 3.8) is 0 Å². The Kier molecular flexibility index (Phi) is 5.52. The summed E-state index contributed by atoms with van der Waals surface area (Å²) in [6.45, 7) is 1.11. The molecule has 0 spiro atoms. The zero-order valence-corrected chi connectivity index (χ0v) is 17.4. The maximum atomic E-state index is 12.7. The number of benzene rings is 2. The molecule has 0 bridgehead atoms. The number of carbonyl (C=O) groups excluding carboxylic acids is 1. The van der Waals surface area contributed by atoms with Crippen LogP contribution in [0.1, 0.15) is 10.5 Å². The molecule has 1 amide bonds. The molecule has 4 rings (SSSR count). The van der Waals surface area contributed by atoms with Crippen LogP contribution in [-0.2, 0) is 11.3 Å². The number of halogens is 1. The number of hydrogen-bond acceptors (Lipinski definition) is 5. The normalized spacial score (nSPS) is 12.0. The van der Waals surface area contributed by atoms with E-state index in [1.165, 1.54) is 11.3 Å². The fourth-order valence-corrected chi connectivity index (χ4v) is 4.40. The third kappa shape index (κ3) is 3.84. The van der Waals surface area contributed by atoms with Gasteiger partial charge in [-0.05, 0) is 18.2 Å². The smallest absolute Gasteiger partial charge is 0.301 e. The lowest BCUT2D eigenvalue weighted by Gasteiger charge is -2.03. The zero-order valence-electron chi connectivity index (χ0n) is 15.0. The molecule has 4 aromatic rings. The van der Waals surface area contributed by atoms with Crippen LogP contribution in [0.5, 0.6) is 0 Å². The van der Waals surface area contributed by atoms with Gasteiger partial charge in [0.15, 0.2) is 16.3 Å². The lowest BCUT2D eigenvalue weighted by Crippen LogP contribution is -2.19. The lowest BCUT2D eigenvalue weighted by molar-refractivity contribution is 0.0989. The Hall–Kier alpha value is -2.55. The van der Waals surface area contributed by atoms with E-state index in [0.717, 1.165) is 20.3 Å². The molecule has 0 unspecified atom stereocenters. The fraction of sp³-hybridized carbons (Fsp3) is 0.150. The maximum absolute atomic E-state index is 12.7. The minimum atomic E-state index is -0.442. The van der Waals surface area contributed by atoms with Crippen molar-refractivity contribution in [2.45, 2.75) is 6.54 Å². The van der Waals surface area contributed by atoms with Crippen molar-refractivity contribution >= 4 is 43.4 Å². The molecule has 142 valence electrons. The molecule has 0 saturated carbocycles. The molecule has 6 nitrogen and oxygen atoms in total. The summed E-state index contributed by atoms with van der Waals surface area (Å²) in [5.41, 5.74) is 2.04. The number of fused-ring (bicyclic) bond motifs is 1. The highest BCUT2D eigenvalue weighted by molar-refractivity contribution is 9.10. The van der Waals surface area contributed by atoms with Crippen molar-refractivity contribution in [3.05, 3.63) is 69.6 Å². The Morgan fingerprint density at radius 3 is 2.86 bits per heavy atom. The van der Waals surface area contributed by atoms with Crippen molar-refractivity contribution in [1.29, 1.82) is 0 Å². The number of methoxy groups -OCH3 is 1. The van der Waals surface area contributed by atoms with Crippen molar-refractivity contribution < 1.29 is 14.1 Å². The number of amides is 1. The highest BCUT2D eigenvalue weighted by Gasteiger charge is 2.14. The highest BCUT2D eigenvalue weighted by atomic mass is 79.9. The molecule has 0 fully saturated rings. The first-order valence-corrected chi connectivity index (χ1v) is 10.2. The Morgan fingerprint density at radius 1 is 1.25 bits per heavy atom. The number of thiazole rings is 1. The first-order valence-electron chi connectivity index (χ1n) is 8.55. The fourth-order valence-electron chi connectivity index (χ4n) is 2.79. The standard InChI is InChI=1S/C20H16BrN3O3S/c1-26-10-9-24-16-8-7-14(21)11-18(16)28-20(24)22-19(25)15-12-17(27-23-15)13-5-3-2-4-6-13/h2-8,11-12H,9-10H2,1H3. The molecule has 28 heavy (non-hydrogen) atoms. The van der Waals surface area contributed by atoms with Gasteiger partial charge in [0.25, 0.3) is 0 Å². The van der Waals surface area contributed by atoms with Gasteiger partial charge in [-0.25, -0.2) is 0 Å². The number of rotatable bonds is 5. The van der Waals surface area contributed by atoms with Crippen LogP contribution in [0, 0.1) is 0 Å². The molecule has 0 saturated heterocycles. The topological polar surface area (TPSA) is 69.6 Å². The van der Waals surface area contributed by atoms with E-state index in [1.54, 1.807) is 13.2 Å². The van der Waals surface area contributed by atoms with Gasteiger partial charge in [-0.15, -0.1) is 0 Å². The van der Waals surface area contributed by atoms with Crippen LogP contribution >= 0.6 is 27.3 Å². The van der Waals surface area contributed by atoms with E-state index < -0.39 is 5.91 Å². The second-order valence-corrected chi connectivity index (χ2v) is 7.93. The minimum absolute atomic E-state index is 0.177. The zero-order chi connectivity index (χ0) is 19.5. The molecule has 0 atom stereocenters. The van der Waals surface area contributed by atoms with Crippen molar-refractivity contribution in [3.8, 4) is 11.3 Å². The molecule has 0 aliphatic heterocycles. The Morgan fingerprint density at radius 2 is 2.07 bits per heavy atom. The lowest BCUT2D eigenvalue weighted by atomic mass is 10.1. The predicted molar refractivity (Wildman–Crippen MR) is 111 cm³/mol. The van der Waals surface area contributed by atoms with Crippen LogP contribution in [0.25, 0.3) is 21.5 Å². The predicted octanol–water partition coefficient (Wildman–Crippen LogP) is 4.51. The summed E-state index contributed by atoms with van der Waals surface area (Å²) in [7, 11) is 1.65. The first-order chi connectivity index (χ1) is 13.7. The van der Waals surface area contributed by atoms with Gasteiger partial charge in [-0.3, -0.25) is 4.79 Å². The summed E-state index contributed by atoms with van der Waals surface area (Å²) in [5.74, 6) is 0.0920. The molecule has 0 aliphatic rings. The van der Waals surface area contributed by atoms with Gasteiger partial charge in [-0.2, -0.15) is 4.99 Å². The monoisotopic (exact) mass is 457 g/mol. The number of nitrogens with zero attached hydrogens (tertiary/aromatic N) is 3. The van der Waals surface area contributed by atoms with E-state index in [0.29, 0.717) is 23.7 Å². The molecule has 0 aliphatic carbocycles. The number of ether oxygens (including phenoxy) is 1. The minimum Gasteiger partial charge on any atom is -0.383 e. The van der Waals surface area contributed by atoms with Gasteiger partial charge < -0.3 is 13.8 Å². The Bertz CT molecular complexity index is 1190. The highest BCUT2D eigenvalue weighted by Crippen LogP contribution is 2.23. The third-order valence-corrected chi connectivity index (χ3v) is 5.68. The largest absolute Gasteiger partial charge is 0.383 e. The van der Waals surface area contributed by atoms with Crippen LogP contribution in [0.4, 0.5) is 0 Å². The Labute approximate surface area is 173 Å². The molecule has 8 heteroatoms. The number of aromatic nitrogens is 2. The van der Waals surface area contributed by atoms with E-state index >= 15 is 0 Å². The summed E-state index contributed by atoms with van der Waals surface area (Å²) in [5, 5.41) is 3.89. The second kappa shape index (κ2) is 8.22. The van der Waals surface area contributed by atoms with Gasteiger partial charge in [0.2, 0.25) is 0 Å². The van der Waals surface area contributed by atoms with E-state index in [4.69, 9.17) is 9.26 Å². The first kappa shape index (κ1) is 18.8. The van der Waals surface area contributed by atoms with Crippen LogP contribution < -0.4 is 4.80 Å². The van der Waals surface area contributed by atoms with Crippen molar-refractivity contribution in [1.82, 2.24) is 9.72 Å². The summed E-state index contributed by atoms with van der Waals surface area (Å²) in [6.07, 6.45) is 0. The SMILES string of the molecule is COCCn1c(=NC(=O)c2cc(-c3ccccc3)on2)sc2cc(Br)ccc21. The quantitative estimate of drug-likeness (QED) is 0.442. The maximum Gasteiger partial charge on any atom is 0.301 e. The van der Waals surface area contributed by atoms with E-state index in [2.05, 4.69) is 26.1 Å². The Balaban J connectivity index is 1.73. The summed E-state index contributed by atoms with van der Waals surface area (Å²) in [4.78, 5) is 17.6. The van der Waals surface area contributed by atoms with E-state index in [9.17, 15) is 4.79 Å². The van der Waals surface area contributed by atoms with E-state index in [-0.39, 0.29) is 5.69 Å². The van der Waals surface area contributed by atoms with Gasteiger partial charge in [0.1, 0.15) is 0 Å². The number of hydrogen-bond donors (Lipinski definition) is 0.